The molecule has 1 aromatic heterocycles. The topological polar surface area (TPSA) is 86.5 Å². The van der Waals surface area contributed by atoms with E-state index in [-0.39, 0.29) is 22.1 Å². The summed E-state index contributed by atoms with van der Waals surface area (Å²) in [6.07, 6.45) is 0.526. The van der Waals surface area contributed by atoms with Crippen LogP contribution >= 0.6 is 11.6 Å². The predicted octanol–water partition coefficient (Wildman–Crippen LogP) is 1.62. The van der Waals surface area contributed by atoms with E-state index in [2.05, 4.69) is 4.98 Å². The predicted molar refractivity (Wildman–Crippen MR) is 52.5 cm³/mol. The SMILES string of the molecule is CCc1c(C#N)c(N)nc(Cl)c1C#N. The highest BCUT2D eigenvalue weighted by Gasteiger charge is 2.15. The Kier molecular flexibility index (Phi) is 2.91. The maximum Gasteiger partial charge on any atom is 0.149 e. The summed E-state index contributed by atoms with van der Waals surface area (Å²) in [5.74, 6) is 0.0772. The average molecular weight is 207 g/mol. The van der Waals surface area contributed by atoms with Crippen LogP contribution in [-0.2, 0) is 6.42 Å². The first kappa shape index (κ1) is 10.3. The minimum absolute atomic E-state index is 0.0563. The maximum atomic E-state index is 8.82. The van der Waals surface area contributed by atoms with Crippen molar-refractivity contribution in [2.75, 3.05) is 5.73 Å². The molecule has 0 aliphatic heterocycles. The van der Waals surface area contributed by atoms with Gasteiger partial charge >= 0.3 is 0 Å². The summed E-state index contributed by atoms with van der Waals surface area (Å²) in [4.78, 5) is 3.72. The van der Waals surface area contributed by atoms with E-state index < -0.39 is 0 Å². The molecule has 70 valence electrons. The molecule has 0 fully saturated rings. The normalized spacial score (nSPS) is 9.14. The van der Waals surface area contributed by atoms with Gasteiger partial charge in [-0.1, -0.05) is 18.5 Å². The van der Waals surface area contributed by atoms with Gasteiger partial charge in [-0.3, -0.25) is 0 Å². The summed E-state index contributed by atoms with van der Waals surface area (Å²) < 4.78 is 0. The highest BCUT2D eigenvalue weighted by molar-refractivity contribution is 6.30. The third-order valence-electron chi connectivity index (χ3n) is 1.86. The Labute approximate surface area is 86.5 Å². The lowest BCUT2D eigenvalue weighted by Crippen LogP contribution is -2.03. The Morgan fingerprint density at radius 1 is 1.36 bits per heavy atom. The molecule has 0 saturated carbocycles. The van der Waals surface area contributed by atoms with Gasteiger partial charge in [0.15, 0.2) is 0 Å². The highest BCUT2D eigenvalue weighted by atomic mass is 35.5. The average Bonchev–Trinajstić information content (AvgIpc) is 2.16. The number of hydrogen-bond acceptors (Lipinski definition) is 4. The fourth-order valence-electron chi connectivity index (χ4n) is 1.21. The van der Waals surface area contributed by atoms with E-state index in [0.717, 1.165) is 0 Å². The van der Waals surface area contributed by atoms with Crippen molar-refractivity contribution < 1.29 is 0 Å². The van der Waals surface area contributed by atoms with Gasteiger partial charge in [0.05, 0.1) is 11.1 Å². The van der Waals surface area contributed by atoms with Crippen molar-refractivity contribution >= 4 is 17.4 Å². The molecule has 0 atom stereocenters. The minimum atomic E-state index is 0.0563. The molecule has 1 heterocycles. The van der Waals surface area contributed by atoms with Gasteiger partial charge < -0.3 is 5.73 Å². The van der Waals surface area contributed by atoms with E-state index in [1.165, 1.54) is 0 Å². The third kappa shape index (κ3) is 1.48. The van der Waals surface area contributed by atoms with Crippen LogP contribution in [-0.4, -0.2) is 4.98 Å². The molecule has 0 aliphatic carbocycles. The Hall–Kier alpha value is -1.78. The molecular weight excluding hydrogens is 200 g/mol. The lowest BCUT2D eigenvalue weighted by atomic mass is 10.0. The Balaban J connectivity index is 3.64. The quantitative estimate of drug-likeness (QED) is 0.708. The lowest BCUT2D eigenvalue weighted by Gasteiger charge is -2.06. The first-order valence-electron chi connectivity index (χ1n) is 3.93. The maximum absolute atomic E-state index is 8.82. The molecule has 5 heteroatoms. The van der Waals surface area contributed by atoms with Crippen molar-refractivity contribution in [2.45, 2.75) is 13.3 Å². The molecule has 14 heavy (non-hydrogen) atoms. The van der Waals surface area contributed by atoms with E-state index in [0.29, 0.717) is 12.0 Å². The molecule has 0 saturated heterocycles. The zero-order valence-corrected chi connectivity index (χ0v) is 8.26. The van der Waals surface area contributed by atoms with Gasteiger partial charge in [0.1, 0.15) is 23.1 Å². The first-order chi connectivity index (χ1) is 6.65. The monoisotopic (exact) mass is 206 g/mol. The second kappa shape index (κ2) is 3.95. The zero-order valence-electron chi connectivity index (χ0n) is 7.50. The Morgan fingerprint density at radius 2 is 1.93 bits per heavy atom. The number of pyridine rings is 1. The molecule has 0 amide bonds. The van der Waals surface area contributed by atoms with Gasteiger partial charge in [-0.2, -0.15) is 10.5 Å². The van der Waals surface area contributed by atoms with Gasteiger partial charge in [-0.25, -0.2) is 4.98 Å². The fraction of sp³-hybridized carbons (Fsp3) is 0.222. The largest absolute Gasteiger partial charge is 0.383 e. The van der Waals surface area contributed by atoms with Crippen molar-refractivity contribution in [1.29, 1.82) is 10.5 Å². The molecular formula is C9H7ClN4. The summed E-state index contributed by atoms with van der Waals surface area (Å²) in [6, 6.07) is 3.84. The van der Waals surface area contributed by atoms with Crippen LogP contribution in [0.4, 0.5) is 5.82 Å². The summed E-state index contributed by atoms with van der Waals surface area (Å²) in [5.41, 5.74) is 6.55. The van der Waals surface area contributed by atoms with Gasteiger partial charge in [0, 0.05) is 0 Å². The van der Waals surface area contributed by atoms with Crippen LogP contribution in [0.25, 0.3) is 0 Å². The van der Waals surface area contributed by atoms with Crippen molar-refractivity contribution in [1.82, 2.24) is 4.98 Å². The van der Waals surface area contributed by atoms with Crippen LogP contribution in [0.15, 0.2) is 0 Å². The highest BCUT2D eigenvalue weighted by Crippen LogP contribution is 2.24. The van der Waals surface area contributed by atoms with Crippen LogP contribution in [0, 0.1) is 22.7 Å². The second-order valence-corrected chi connectivity index (χ2v) is 2.95. The molecule has 0 spiro atoms. The van der Waals surface area contributed by atoms with Gasteiger partial charge in [-0.05, 0) is 12.0 Å². The van der Waals surface area contributed by atoms with E-state index in [9.17, 15) is 0 Å². The number of nitrogen functional groups attached to an aromatic ring is 1. The van der Waals surface area contributed by atoms with Crippen molar-refractivity contribution in [3.05, 3.63) is 21.8 Å². The molecule has 2 N–H and O–H groups in total. The molecule has 1 rings (SSSR count). The smallest absolute Gasteiger partial charge is 0.149 e. The number of halogens is 1. The van der Waals surface area contributed by atoms with Crippen molar-refractivity contribution in [3.8, 4) is 12.1 Å². The summed E-state index contributed by atoms with van der Waals surface area (Å²) in [6.45, 7) is 1.83. The van der Waals surface area contributed by atoms with Crippen LogP contribution in [0.2, 0.25) is 5.15 Å². The van der Waals surface area contributed by atoms with E-state index >= 15 is 0 Å². The fourth-order valence-corrected chi connectivity index (χ4v) is 1.46. The summed E-state index contributed by atoms with van der Waals surface area (Å²) in [5, 5.41) is 17.7. The number of nitriles is 2. The van der Waals surface area contributed by atoms with E-state index in [4.69, 9.17) is 27.9 Å². The molecule has 0 aromatic carbocycles. The number of anilines is 1. The standard InChI is InChI=1S/C9H7ClN4/c1-2-5-6(3-11)8(10)14-9(13)7(5)4-12/h2H2,1H3,(H2,13,14). The second-order valence-electron chi connectivity index (χ2n) is 2.59. The van der Waals surface area contributed by atoms with Crippen molar-refractivity contribution in [3.63, 3.8) is 0 Å². The van der Waals surface area contributed by atoms with Crippen LogP contribution < -0.4 is 5.73 Å². The first-order valence-corrected chi connectivity index (χ1v) is 4.31. The number of nitrogens with two attached hydrogens (primary N) is 1. The Bertz CT molecular complexity index is 415. The van der Waals surface area contributed by atoms with Gasteiger partial charge in [-0.15, -0.1) is 0 Å². The van der Waals surface area contributed by atoms with E-state index in [1.54, 1.807) is 0 Å². The van der Waals surface area contributed by atoms with Crippen LogP contribution in [0.5, 0.6) is 0 Å². The number of aromatic nitrogens is 1. The lowest BCUT2D eigenvalue weighted by molar-refractivity contribution is 1.09. The summed E-state index contributed by atoms with van der Waals surface area (Å²) in [7, 11) is 0. The molecule has 0 radical (unpaired) electrons. The van der Waals surface area contributed by atoms with Crippen LogP contribution in [0.1, 0.15) is 23.6 Å². The van der Waals surface area contributed by atoms with Crippen molar-refractivity contribution in [2.24, 2.45) is 0 Å². The molecule has 1 aromatic rings. The van der Waals surface area contributed by atoms with Gasteiger partial charge in [0.25, 0.3) is 0 Å². The molecule has 0 bridgehead atoms. The molecule has 0 aliphatic rings. The van der Waals surface area contributed by atoms with Crippen LogP contribution in [0.3, 0.4) is 0 Å². The zero-order chi connectivity index (χ0) is 10.7. The van der Waals surface area contributed by atoms with E-state index in [1.807, 2.05) is 19.1 Å². The number of hydrogen-bond donors (Lipinski definition) is 1. The number of nitrogens with zero attached hydrogens (tertiary/aromatic N) is 3. The minimum Gasteiger partial charge on any atom is -0.383 e. The number of rotatable bonds is 1. The molecule has 4 nitrogen and oxygen atoms in total. The van der Waals surface area contributed by atoms with Gasteiger partial charge in [0.2, 0.25) is 0 Å². The third-order valence-corrected chi connectivity index (χ3v) is 2.14. The Morgan fingerprint density at radius 3 is 2.36 bits per heavy atom. The molecule has 0 unspecified atom stereocenters. The summed E-state index contributed by atoms with van der Waals surface area (Å²) >= 11 is 5.72.